The molecule has 4 nitrogen and oxygen atoms in total. The molecule has 0 atom stereocenters. The average molecular weight is 289 g/mol. The van der Waals surface area contributed by atoms with Gasteiger partial charge in [-0.15, -0.1) is 0 Å². The fourth-order valence-electron chi connectivity index (χ4n) is 3.65. The minimum absolute atomic E-state index is 0.0923. The summed E-state index contributed by atoms with van der Waals surface area (Å²) in [5, 5.41) is 12.4. The molecule has 2 aliphatic rings. The molecule has 2 N–H and O–H groups in total. The maximum atomic E-state index is 11.8. The molecule has 1 aromatic rings. The van der Waals surface area contributed by atoms with Crippen molar-refractivity contribution in [3.05, 3.63) is 35.9 Å². The van der Waals surface area contributed by atoms with E-state index in [2.05, 4.69) is 5.32 Å². The van der Waals surface area contributed by atoms with Crippen LogP contribution in [0.25, 0.3) is 0 Å². The Morgan fingerprint density at radius 3 is 2.52 bits per heavy atom. The minimum atomic E-state index is -0.326. The largest absolute Gasteiger partial charge is 0.445 e. The Labute approximate surface area is 125 Å². The number of carbonyl (C=O) groups excluding carboxylic acids is 1. The number of aliphatic hydroxyl groups is 1. The molecule has 1 spiro atoms. The lowest BCUT2D eigenvalue weighted by molar-refractivity contribution is -0.0581. The number of hydrogen-bond acceptors (Lipinski definition) is 3. The van der Waals surface area contributed by atoms with Crippen molar-refractivity contribution in [2.24, 2.45) is 5.41 Å². The first-order valence-electron chi connectivity index (χ1n) is 7.81. The fourth-order valence-corrected chi connectivity index (χ4v) is 3.65. The summed E-state index contributed by atoms with van der Waals surface area (Å²) in [6, 6.07) is 9.92. The maximum Gasteiger partial charge on any atom is 0.407 e. The Bertz CT molecular complexity index is 472. The zero-order valence-electron chi connectivity index (χ0n) is 12.3. The first kappa shape index (κ1) is 14.4. The Balaban J connectivity index is 1.38. The van der Waals surface area contributed by atoms with Crippen molar-refractivity contribution in [1.29, 1.82) is 0 Å². The lowest BCUT2D eigenvalue weighted by atomic mass is 9.59. The van der Waals surface area contributed by atoms with Crippen LogP contribution in [0.15, 0.2) is 30.3 Å². The molecule has 0 heterocycles. The van der Waals surface area contributed by atoms with Gasteiger partial charge in [-0.2, -0.15) is 0 Å². The van der Waals surface area contributed by atoms with E-state index in [9.17, 15) is 9.90 Å². The molecule has 114 valence electrons. The third kappa shape index (κ3) is 3.56. The van der Waals surface area contributed by atoms with Gasteiger partial charge in [0.05, 0.1) is 6.10 Å². The molecular formula is C17H23NO3. The molecule has 2 fully saturated rings. The molecule has 0 aliphatic heterocycles. The summed E-state index contributed by atoms with van der Waals surface area (Å²) in [6.07, 6.45) is 5.66. The molecule has 3 rings (SSSR count). The van der Waals surface area contributed by atoms with Gasteiger partial charge in [0, 0.05) is 6.04 Å². The van der Waals surface area contributed by atoms with Crippen molar-refractivity contribution >= 4 is 6.09 Å². The van der Waals surface area contributed by atoms with Crippen LogP contribution in [0.1, 0.15) is 44.1 Å². The second-order valence-electron chi connectivity index (χ2n) is 6.54. The normalized spacial score (nSPS) is 31.5. The molecule has 0 unspecified atom stereocenters. The molecule has 0 aromatic heterocycles. The quantitative estimate of drug-likeness (QED) is 0.899. The summed E-state index contributed by atoms with van der Waals surface area (Å²) in [6.45, 7) is 0.315. The molecule has 1 aromatic carbocycles. The SMILES string of the molecule is O=C(NC1CCC2(CC1)CC(O)C2)OCc1ccccc1. The van der Waals surface area contributed by atoms with Crippen molar-refractivity contribution in [3.8, 4) is 0 Å². The summed E-state index contributed by atoms with van der Waals surface area (Å²) < 4.78 is 5.25. The minimum Gasteiger partial charge on any atom is -0.445 e. The number of nitrogens with one attached hydrogen (secondary N) is 1. The summed E-state index contributed by atoms with van der Waals surface area (Å²) in [5.41, 5.74) is 1.37. The number of aliphatic hydroxyl groups excluding tert-OH is 1. The van der Waals surface area contributed by atoms with E-state index in [-0.39, 0.29) is 18.2 Å². The highest BCUT2D eigenvalue weighted by Crippen LogP contribution is 2.51. The second kappa shape index (κ2) is 6.06. The Kier molecular flexibility index (Phi) is 4.15. The first-order valence-corrected chi connectivity index (χ1v) is 7.81. The standard InChI is InChI=1S/C17H23NO3/c19-15-10-17(11-15)8-6-14(7-9-17)18-16(20)21-12-13-4-2-1-3-5-13/h1-5,14-15,19H,6-12H2,(H,18,20). The molecule has 21 heavy (non-hydrogen) atoms. The van der Waals surface area contributed by atoms with Crippen LogP contribution >= 0.6 is 0 Å². The van der Waals surface area contributed by atoms with E-state index >= 15 is 0 Å². The van der Waals surface area contributed by atoms with Gasteiger partial charge in [-0.05, 0) is 49.5 Å². The van der Waals surface area contributed by atoms with Crippen LogP contribution in [0, 0.1) is 5.41 Å². The number of ether oxygens (including phenoxy) is 1. The topological polar surface area (TPSA) is 58.6 Å². The highest BCUT2D eigenvalue weighted by molar-refractivity contribution is 5.67. The summed E-state index contributed by atoms with van der Waals surface area (Å²) in [5.74, 6) is 0. The zero-order chi connectivity index (χ0) is 14.7. The van der Waals surface area contributed by atoms with Gasteiger partial charge in [0.2, 0.25) is 0 Å². The predicted molar refractivity (Wildman–Crippen MR) is 79.7 cm³/mol. The van der Waals surface area contributed by atoms with Crippen LogP contribution in [0.2, 0.25) is 0 Å². The third-order valence-corrected chi connectivity index (χ3v) is 4.92. The van der Waals surface area contributed by atoms with E-state index < -0.39 is 0 Å². The summed E-state index contributed by atoms with van der Waals surface area (Å²) >= 11 is 0. The van der Waals surface area contributed by atoms with E-state index in [4.69, 9.17) is 4.74 Å². The Hall–Kier alpha value is -1.55. The molecule has 4 heteroatoms. The summed E-state index contributed by atoms with van der Waals surface area (Å²) in [7, 11) is 0. The number of rotatable bonds is 3. The van der Waals surface area contributed by atoms with Crippen LogP contribution in [-0.2, 0) is 11.3 Å². The highest BCUT2D eigenvalue weighted by Gasteiger charge is 2.45. The highest BCUT2D eigenvalue weighted by atomic mass is 16.5. The Morgan fingerprint density at radius 1 is 1.24 bits per heavy atom. The van der Waals surface area contributed by atoms with Crippen LogP contribution in [0.3, 0.4) is 0 Å². The lowest BCUT2D eigenvalue weighted by Gasteiger charge is -2.49. The predicted octanol–water partition coefficient (Wildman–Crippen LogP) is 3.00. The first-order chi connectivity index (χ1) is 10.2. The van der Waals surface area contributed by atoms with Crippen molar-refractivity contribution in [1.82, 2.24) is 5.32 Å². The van der Waals surface area contributed by atoms with Crippen molar-refractivity contribution in [2.75, 3.05) is 0 Å². The van der Waals surface area contributed by atoms with Gasteiger partial charge in [0.25, 0.3) is 0 Å². The van der Waals surface area contributed by atoms with Crippen LogP contribution in [0.5, 0.6) is 0 Å². The van der Waals surface area contributed by atoms with Crippen LogP contribution in [0.4, 0.5) is 4.79 Å². The molecule has 2 saturated carbocycles. The molecule has 0 bridgehead atoms. The second-order valence-corrected chi connectivity index (χ2v) is 6.54. The van der Waals surface area contributed by atoms with Gasteiger partial charge in [0.1, 0.15) is 6.61 Å². The van der Waals surface area contributed by atoms with E-state index in [1.54, 1.807) is 0 Å². The molecule has 0 radical (unpaired) electrons. The molecule has 2 aliphatic carbocycles. The lowest BCUT2D eigenvalue weighted by Crippen LogP contribution is -2.47. The van der Waals surface area contributed by atoms with Gasteiger partial charge in [-0.3, -0.25) is 0 Å². The molecule has 0 saturated heterocycles. The van der Waals surface area contributed by atoms with Crippen molar-refractivity contribution in [2.45, 2.75) is 57.3 Å². The van der Waals surface area contributed by atoms with Gasteiger partial charge < -0.3 is 15.2 Å². The van der Waals surface area contributed by atoms with Gasteiger partial charge in [0.15, 0.2) is 0 Å². The number of amides is 1. The van der Waals surface area contributed by atoms with Gasteiger partial charge in [-0.1, -0.05) is 30.3 Å². The fraction of sp³-hybridized carbons (Fsp3) is 0.588. The summed E-state index contributed by atoms with van der Waals surface area (Å²) in [4.78, 5) is 11.8. The zero-order valence-corrected chi connectivity index (χ0v) is 12.3. The smallest absolute Gasteiger partial charge is 0.407 e. The third-order valence-electron chi connectivity index (χ3n) is 4.92. The maximum absolute atomic E-state index is 11.8. The van der Waals surface area contributed by atoms with Crippen molar-refractivity contribution < 1.29 is 14.6 Å². The van der Waals surface area contributed by atoms with E-state index in [1.165, 1.54) is 0 Å². The number of carbonyl (C=O) groups is 1. The van der Waals surface area contributed by atoms with E-state index in [0.717, 1.165) is 44.1 Å². The van der Waals surface area contributed by atoms with Crippen molar-refractivity contribution in [3.63, 3.8) is 0 Å². The number of hydrogen-bond donors (Lipinski definition) is 2. The van der Waals surface area contributed by atoms with Crippen LogP contribution in [-0.4, -0.2) is 23.3 Å². The van der Waals surface area contributed by atoms with Gasteiger partial charge in [-0.25, -0.2) is 4.79 Å². The Morgan fingerprint density at radius 2 is 1.90 bits per heavy atom. The van der Waals surface area contributed by atoms with Gasteiger partial charge >= 0.3 is 6.09 Å². The monoisotopic (exact) mass is 289 g/mol. The van der Waals surface area contributed by atoms with E-state index in [1.807, 2.05) is 30.3 Å². The van der Waals surface area contributed by atoms with E-state index in [0.29, 0.717) is 12.0 Å². The number of alkyl carbamates (subject to hydrolysis) is 1. The average Bonchev–Trinajstić information content (AvgIpc) is 2.47. The molecule has 1 amide bonds. The molecular weight excluding hydrogens is 266 g/mol. The number of benzene rings is 1. The van der Waals surface area contributed by atoms with Crippen LogP contribution < -0.4 is 5.32 Å².